The SMILES string of the molecule is CS(=O)(=O)C1C(c2ccccc2)C1(C#N)C(=O)O. The highest BCUT2D eigenvalue weighted by atomic mass is 32.2. The number of rotatable bonds is 3. The number of hydrogen-bond donors (Lipinski definition) is 1. The first-order valence-electron chi connectivity index (χ1n) is 5.24. The molecule has 0 aromatic heterocycles. The Kier molecular flexibility index (Phi) is 2.67. The molecule has 2 rings (SSSR count). The summed E-state index contributed by atoms with van der Waals surface area (Å²) in [4.78, 5) is 11.3. The number of carboxylic acids is 1. The van der Waals surface area contributed by atoms with Crippen molar-refractivity contribution in [3.8, 4) is 6.07 Å². The molecule has 1 N–H and O–H groups in total. The van der Waals surface area contributed by atoms with Crippen LogP contribution in [-0.4, -0.2) is 31.0 Å². The second-order valence-electron chi connectivity index (χ2n) is 4.42. The first-order chi connectivity index (χ1) is 8.35. The molecule has 3 unspecified atom stereocenters. The van der Waals surface area contributed by atoms with Crippen molar-refractivity contribution in [3.63, 3.8) is 0 Å². The number of nitrogens with zero attached hydrogens (tertiary/aromatic N) is 1. The second kappa shape index (κ2) is 3.82. The lowest BCUT2D eigenvalue weighted by Gasteiger charge is -2.01. The van der Waals surface area contributed by atoms with E-state index in [1.165, 1.54) is 0 Å². The van der Waals surface area contributed by atoms with Crippen molar-refractivity contribution in [2.45, 2.75) is 11.2 Å². The summed E-state index contributed by atoms with van der Waals surface area (Å²) in [6.45, 7) is 0. The van der Waals surface area contributed by atoms with Gasteiger partial charge < -0.3 is 5.11 Å². The number of carbonyl (C=O) groups is 1. The molecule has 0 spiro atoms. The van der Waals surface area contributed by atoms with Gasteiger partial charge in [0, 0.05) is 12.2 Å². The Morgan fingerprint density at radius 1 is 1.39 bits per heavy atom. The Morgan fingerprint density at radius 3 is 2.28 bits per heavy atom. The molecule has 5 nitrogen and oxygen atoms in total. The fourth-order valence-corrected chi connectivity index (χ4v) is 4.24. The molecule has 1 fully saturated rings. The predicted octanol–water partition coefficient (Wildman–Crippen LogP) is 0.792. The van der Waals surface area contributed by atoms with E-state index in [0.29, 0.717) is 5.56 Å². The Hall–Kier alpha value is -1.87. The lowest BCUT2D eigenvalue weighted by Crippen LogP contribution is -2.21. The lowest BCUT2D eigenvalue weighted by molar-refractivity contribution is -0.141. The normalized spacial score (nSPS) is 30.4. The van der Waals surface area contributed by atoms with Crippen LogP contribution in [0.25, 0.3) is 0 Å². The molecule has 1 saturated carbocycles. The zero-order chi connectivity index (χ0) is 13.6. The molecule has 6 heteroatoms. The maximum atomic E-state index is 11.6. The number of aliphatic carboxylic acids is 1. The fraction of sp³-hybridized carbons (Fsp3) is 0.333. The summed E-state index contributed by atoms with van der Waals surface area (Å²) in [6, 6.07) is 10.1. The molecule has 1 aromatic rings. The smallest absolute Gasteiger partial charge is 0.326 e. The van der Waals surface area contributed by atoms with Gasteiger partial charge in [-0.15, -0.1) is 0 Å². The zero-order valence-electron chi connectivity index (χ0n) is 9.57. The Balaban J connectivity index is 2.55. The third kappa shape index (κ3) is 1.59. The van der Waals surface area contributed by atoms with Gasteiger partial charge in [0.15, 0.2) is 15.3 Å². The predicted molar refractivity (Wildman–Crippen MR) is 63.5 cm³/mol. The average molecular weight is 265 g/mol. The monoisotopic (exact) mass is 265 g/mol. The maximum Gasteiger partial charge on any atom is 0.326 e. The molecule has 18 heavy (non-hydrogen) atoms. The van der Waals surface area contributed by atoms with E-state index in [2.05, 4.69) is 0 Å². The van der Waals surface area contributed by atoms with E-state index in [4.69, 9.17) is 5.26 Å². The van der Waals surface area contributed by atoms with E-state index in [0.717, 1.165) is 6.26 Å². The quantitative estimate of drug-likeness (QED) is 0.871. The Labute approximate surface area is 105 Å². The summed E-state index contributed by atoms with van der Waals surface area (Å²) in [5.41, 5.74) is -1.29. The standard InChI is InChI=1S/C12H11NO4S/c1-18(16,17)10-9(8-5-3-2-4-6-8)12(10,7-13)11(14)15/h2-6,9-10H,1H3,(H,14,15). The van der Waals surface area contributed by atoms with Crippen LogP contribution in [0.3, 0.4) is 0 Å². The molecule has 1 aliphatic rings. The van der Waals surface area contributed by atoms with E-state index < -0.39 is 32.4 Å². The number of carboxylic acid groups (broad SMARTS) is 1. The molecule has 0 bridgehead atoms. The van der Waals surface area contributed by atoms with Crippen molar-refractivity contribution in [3.05, 3.63) is 35.9 Å². The summed E-state index contributed by atoms with van der Waals surface area (Å²) in [5, 5.41) is 17.1. The molecular weight excluding hydrogens is 254 g/mol. The summed E-state index contributed by atoms with van der Waals surface area (Å²) < 4.78 is 23.3. The van der Waals surface area contributed by atoms with Crippen LogP contribution in [-0.2, 0) is 14.6 Å². The molecule has 0 saturated heterocycles. The van der Waals surface area contributed by atoms with E-state index in [9.17, 15) is 18.3 Å². The molecule has 3 atom stereocenters. The van der Waals surface area contributed by atoms with Crippen molar-refractivity contribution >= 4 is 15.8 Å². The Morgan fingerprint density at radius 2 is 1.94 bits per heavy atom. The van der Waals surface area contributed by atoms with E-state index in [1.54, 1.807) is 36.4 Å². The third-order valence-electron chi connectivity index (χ3n) is 3.29. The topological polar surface area (TPSA) is 95.2 Å². The highest BCUT2D eigenvalue weighted by molar-refractivity contribution is 7.91. The van der Waals surface area contributed by atoms with Crippen LogP contribution in [0, 0.1) is 16.7 Å². The minimum Gasteiger partial charge on any atom is -0.480 e. The van der Waals surface area contributed by atoms with Crippen LogP contribution in [0.2, 0.25) is 0 Å². The van der Waals surface area contributed by atoms with Crippen molar-refractivity contribution in [2.24, 2.45) is 5.41 Å². The van der Waals surface area contributed by atoms with Gasteiger partial charge >= 0.3 is 5.97 Å². The van der Waals surface area contributed by atoms with Gasteiger partial charge in [0.25, 0.3) is 0 Å². The summed E-state index contributed by atoms with van der Waals surface area (Å²) in [6.07, 6.45) is 0.968. The highest BCUT2D eigenvalue weighted by Gasteiger charge is 2.76. The highest BCUT2D eigenvalue weighted by Crippen LogP contribution is 2.62. The van der Waals surface area contributed by atoms with Crippen LogP contribution < -0.4 is 0 Å². The number of benzene rings is 1. The lowest BCUT2D eigenvalue weighted by atomic mass is 10.0. The molecular formula is C12H11NO4S. The van der Waals surface area contributed by atoms with Crippen LogP contribution in [0.4, 0.5) is 0 Å². The van der Waals surface area contributed by atoms with Gasteiger partial charge in [-0.2, -0.15) is 5.26 Å². The number of sulfone groups is 1. The molecule has 94 valence electrons. The fourth-order valence-electron chi connectivity index (χ4n) is 2.47. The average Bonchev–Trinajstić information content (AvgIpc) is 3.00. The van der Waals surface area contributed by atoms with Crippen molar-refractivity contribution < 1.29 is 18.3 Å². The summed E-state index contributed by atoms with van der Waals surface area (Å²) in [5.74, 6) is -2.18. The number of nitriles is 1. The Bertz CT molecular complexity index is 632. The van der Waals surface area contributed by atoms with Crippen molar-refractivity contribution in [2.75, 3.05) is 6.26 Å². The van der Waals surface area contributed by atoms with Gasteiger partial charge in [0.1, 0.15) is 5.25 Å². The molecule has 0 heterocycles. The van der Waals surface area contributed by atoms with Crippen LogP contribution >= 0.6 is 0 Å². The second-order valence-corrected chi connectivity index (χ2v) is 6.59. The van der Waals surface area contributed by atoms with Crippen molar-refractivity contribution in [1.29, 1.82) is 5.26 Å². The molecule has 0 aliphatic heterocycles. The summed E-state index contributed by atoms with van der Waals surface area (Å²) in [7, 11) is -3.60. The van der Waals surface area contributed by atoms with Gasteiger partial charge in [0.05, 0.1) is 6.07 Å². The molecule has 0 radical (unpaired) electrons. The zero-order valence-corrected chi connectivity index (χ0v) is 10.4. The molecule has 1 aromatic carbocycles. The molecule has 0 amide bonds. The van der Waals surface area contributed by atoms with Gasteiger partial charge in [-0.05, 0) is 5.56 Å². The van der Waals surface area contributed by atoms with Gasteiger partial charge in [0.2, 0.25) is 0 Å². The third-order valence-corrected chi connectivity index (χ3v) is 4.86. The van der Waals surface area contributed by atoms with Crippen molar-refractivity contribution in [1.82, 2.24) is 0 Å². The van der Waals surface area contributed by atoms with E-state index in [-0.39, 0.29) is 0 Å². The van der Waals surface area contributed by atoms with Gasteiger partial charge in [-0.3, -0.25) is 4.79 Å². The summed E-state index contributed by atoms with van der Waals surface area (Å²) >= 11 is 0. The number of hydrogen-bond acceptors (Lipinski definition) is 4. The van der Waals surface area contributed by atoms with E-state index in [1.807, 2.05) is 0 Å². The van der Waals surface area contributed by atoms with Crippen LogP contribution in [0.15, 0.2) is 30.3 Å². The van der Waals surface area contributed by atoms with Crippen LogP contribution in [0.1, 0.15) is 11.5 Å². The minimum absolute atomic E-state index is 0.567. The first-order valence-corrected chi connectivity index (χ1v) is 7.19. The van der Waals surface area contributed by atoms with Crippen LogP contribution in [0.5, 0.6) is 0 Å². The first kappa shape index (κ1) is 12.6. The van der Waals surface area contributed by atoms with Gasteiger partial charge in [-0.25, -0.2) is 8.42 Å². The largest absolute Gasteiger partial charge is 0.480 e. The van der Waals surface area contributed by atoms with E-state index >= 15 is 0 Å². The minimum atomic E-state index is -3.60. The maximum absolute atomic E-state index is 11.6. The molecule has 1 aliphatic carbocycles. The van der Waals surface area contributed by atoms with Gasteiger partial charge in [-0.1, -0.05) is 30.3 Å².